The van der Waals surface area contributed by atoms with Crippen molar-refractivity contribution in [3.63, 3.8) is 0 Å². The fourth-order valence-corrected chi connectivity index (χ4v) is 2.58. The molecule has 118 valence electrons. The van der Waals surface area contributed by atoms with Gasteiger partial charge in [0.1, 0.15) is 5.75 Å². The Morgan fingerprint density at radius 1 is 1.38 bits per heavy atom. The standard InChI is InChI=1S/C16H24N2O2.ClH/c1-20-15-6-4-13(5-7-15)11-16(19)18-10-8-14-3-2-9-17-12-14;/h4-7,14,17H,2-3,8-12H2,1H3,(H,18,19);1H. The maximum atomic E-state index is 11.9. The van der Waals surface area contributed by atoms with E-state index in [0.29, 0.717) is 12.3 Å². The SMILES string of the molecule is COc1ccc(CC(=O)NCCC2CCCNC2)cc1.Cl. The first-order valence-corrected chi connectivity index (χ1v) is 7.38. The fraction of sp³-hybridized carbons (Fsp3) is 0.562. The number of amides is 1. The molecule has 1 fully saturated rings. The molecule has 1 aliphatic rings. The van der Waals surface area contributed by atoms with E-state index in [4.69, 9.17) is 4.74 Å². The van der Waals surface area contributed by atoms with Crippen molar-refractivity contribution in [1.29, 1.82) is 0 Å². The molecule has 0 bridgehead atoms. The van der Waals surface area contributed by atoms with Gasteiger partial charge in [0, 0.05) is 6.54 Å². The van der Waals surface area contributed by atoms with E-state index >= 15 is 0 Å². The van der Waals surface area contributed by atoms with Gasteiger partial charge in [0.15, 0.2) is 0 Å². The summed E-state index contributed by atoms with van der Waals surface area (Å²) in [5.74, 6) is 1.63. The first kappa shape index (κ1) is 17.8. The van der Waals surface area contributed by atoms with Crippen LogP contribution in [0.1, 0.15) is 24.8 Å². The number of halogens is 1. The van der Waals surface area contributed by atoms with Crippen molar-refractivity contribution < 1.29 is 9.53 Å². The normalized spacial score (nSPS) is 17.7. The summed E-state index contributed by atoms with van der Waals surface area (Å²) in [7, 11) is 1.64. The van der Waals surface area contributed by atoms with Gasteiger partial charge in [-0.15, -0.1) is 12.4 Å². The van der Waals surface area contributed by atoms with Gasteiger partial charge in [0.2, 0.25) is 5.91 Å². The van der Waals surface area contributed by atoms with Gasteiger partial charge in [-0.2, -0.15) is 0 Å². The maximum Gasteiger partial charge on any atom is 0.224 e. The minimum absolute atomic E-state index is 0. The highest BCUT2D eigenvalue weighted by molar-refractivity contribution is 5.85. The Hall–Kier alpha value is -1.26. The summed E-state index contributed by atoms with van der Waals surface area (Å²) in [5.41, 5.74) is 1.02. The van der Waals surface area contributed by atoms with Gasteiger partial charge in [-0.05, 0) is 56.0 Å². The van der Waals surface area contributed by atoms with Crippen LogP contribution in [0.15, 0.2) is 24.3 Å². The van der Waals surface area contributed by atoms with Crippen LogP contribution in [0.2, 0.25) is 0 Å². The molecule has 0 aliphatic carbocycles. The third-order valence-electron chi connectivity index (χ3n) is 3.80. The van der Waals surface area contributed by atoms with E-state index in [1.54, 1.807) is 7.11 Å². The summed E-state index contributed by atoms with van der Waals surface area (Å²) in [6.45, 7) is 3.01. The summed E-state index contributed by atoms with van der Waals surface area (Å²) in [4.78, 5) is 11.9. The zero-order valence-electron chi connectivity index (χ0n) is 12.6. The van der Waals surface area contributed by atoms with E-state index in [1.807, 2.05) is 24.3 Å². The lowest BCUT2D eigenvalue weighted by Gasteiger charge is -2.22. The molecule has 0 aromatic heterocycles. The molecule has 0 saturated carbocycles. The molecule has 0 radical (unpaired) electrons. The van der Waals surface area contributed by atoms with Crippen LogP contribution in [-0.4, -0.2) is 32.7 Å². The highest BCUT2D eigenvalue weighted by Crippen LogP contribution is 2.13. The molecule has 1 unspecified atom stereocenters. The Morgan fingerprint density at radius 3 is 2.76 bits per heavy atom. The second-order valence-electron chi connectivity index (χ2n) is 5.38. The molecule has 21 heavy (non-hydrogen) atoms. The molecule has 5 heteroatoms. The summed E-state index contributed by atoms with van der Waals surface area (Å²) in [6.07, 6.45) is 4.04. The van der Waals surface area contributed by atoms with Gasteiger partial charge in [-0.1, -0.05) is 12.1 Å². The van der Waals surface area contributed by atoms with Gasteiger partial charge in [-0.3, -0.25) is 4.79 Å². The van der Waals surface area contributed by atoms with Crippen molar-refractivity contribution >= 4 is 18.3 Å². The van der Waals surface area contributed by atoms with Gasteiger partial charge < -0.3 is 15.4 Å². The number of benzene rings is 1. The number of ether oxygens (including phenoxy) is 1. The summed E-state index contributed by atoms with van der Waals surface area (Å²) in [6, 6.07) is 7.64. The Morgan fingerprint density at radius 2 is 2.14 bits per heavy atom. The van der Waals surface area contributed by atoms with Gasteiger partial charge >= 0.3 is 0 Å². The van der Waals surface area contributed by atoms with Gasteiger partial charge in [0.25, 0.3) is 0 Å². The number of piperidine rings is 1. The van der Waals surface area contributed by atoms with Crippen molar-refractivity contribution in [1.82, 2.24) is 10.6 Å². The first-order valence-electron chi connectivity index (χ1n) is 7.38. The number of nitrogens with one attached hydrogen (secondary N) is 2. The Labute approximate surface area is 133 Å². The van der Waals surface area contributed by atoms with Crippen molar-refractivity contribution in [2.45, 2.75) is 25.7 Å². The molecule has 1 atom stereocenters. The number of methoxy groups -OCH3 is 1. The minimum Gasteiger partial charge on any atom is -0.497 e. The Bertz CT molecular complexity index is 417. The molecule has 2 rings (SSSR count). The third-order valence-corrected chi connectivity index (χ3v) is 3.80. The Kier molecular flexibility index (Phi) is 8.16. The second-order valence-corrected chi connectivity index (χ2v) is 5.38. The van der Waals surface area contributed by atoms with E-state index < -0.39 is 0 Å². The minimum atomic E-state index is 0. The molecule has 1 saturated heterocycles. The van der Waals surface area contributed by atoms with Crippen LogP contribution in [0.3, 0.4) is 0 Å². The smallest absolute Gasteiger partial charge is 0.224 e. The van der Waals surface area contributed by atoms with Gasteiger partial charge in [-0.25, -0.2) is 0 Å². The average Bonchev–Trinajstić information content (AvgIpc) is 2.49. The van der Waals surface area contributed by atoms with Crippen LogP contribution in [0, 0.1) is 5.92 Å². The third kappa shape index (κ3) is 6.36. The molecule has 1 aromatic rings. The van der Waals surface area contributed by atoms with Crippen molar-refractivity contribution in [3.8, 4) is 5.75 Å². The summed E-state index contributed by atoms with van der Waals surface area (Å²) >= 11 is 0. The zero-order valence-corrected chi connectivity index (χ0v) is 13.4. The second kappa shape index (κ2) is 9.64. The van der Waals surface area contributed by atoms with Crippen LogP contribution in [0.5, 0.6) is 5.75 Å². The number of carbonyl (C=O) groups excluding carboxylic acids is 1. The van der Waals surface area contributed by atoms with Gasteiger partial charge in [0.05, 0.1) is 13.5 Å². The number of carbonyl (C=O) groups is 1. The predicted octanol–water partition coefficient (Wildman–Crippen LogP) is 2.17. The maximum absolute atomic E-state index is 11.9. The molecule has 2 N–H and O–H groups in total. The Balaban J connectivity index is 0.00000220. The molecular weight excluding hydrogens is 288 g/mol. The molecule has 1 aliphatic heterocycles. The number of rotatable bonds is 6. The quantitative estimate of drug-likeness (QED) is 0.846. The van der Waals surface area contributed by atoms with E-state index in [0.717, 1.165) is 37.4 Å². The van der Waals surface area contributed by atoms with Crippen LogP contribution in [-0.2, 0) is 11.2 Å². The summed E-state index contributed by atoms with van der Waals surface area (Å²) < 4.78 is 5.10. The lowest BCUT2D eigenvalue weighted by molar-refractivity contribution is -0.120. The van der Waals surface area contributed by atoms with E-state index in [9.17, 15) is 4.79 Å². The van der Waals surface area contributed by atoms with E-state index in [1.165, 1.54) is 12.8 Å². The van der Waals surface area contributed by atoms with Crippen LogP contribution < -0.4 is 15.4 Å². The molecule has 1 amide bonds. The van der Waals surface area contributed by atoms with Crippen molar-refractivity contribution in [2.24, 2.45) is 5.92 Å². The average molecular weight is 313 g/mol. The molecular formula is C16H25ClN2O2. The number of hydrogen-bond donors (Lipinski definition) is 2. The van der Waals surface area contributed by atoms with Crippen molar-refractivity contribution in [3.05, 3.63) is 29.8 Å². The fourth-order valence-electron chi connectivity index (χ4n) is 2.58. The van der Waals surface area contributed by atoms with E-state index in [-0.39, 0.29) is 18.3 Å². The van der Waals surface area contributed by atoms with E-state index in [2.05, 4.69) is 10.6 Å². The molecule has 0 spiro atoms. The summed E-state index contributed by atoms with van der Waals surface area (Å²) in [5, 5.41) is 6.41. The van der Waals surface area contributed by atoms with Crippen LogP contribution in [0.4, 0.5) is 0 Å². The lowest BCUT2D eigenvalue weighted by Crippen LogP contribution is -2.33. The molecule has 4 nitrogen and oxygen atoms in total. The molecule has 1 heterocycles. The highest BCUT2D eigenvalue weighted by Gasteiger charge is 2.12. The van der Waals surface area contributed by atoms with Crippen LogP contribution in [0.25, 0.3) is 0 Å². The van der Waals surface area contributed by atoms with Crippen LogP contribution >= 0.6 is 12.4 Å². The zero-order chi connectivity index (χ0) is 14.2. The lowest BCUT2D eigenvalue weighted by atomic mass is 9.96. The number of hydrogen-bond acceptors (Lipinski definition) is 3. The first-order chi connectivity index (χ1) is 9.78. The largest absolute Gasteiger partial charge is 0.497 e. The topological polar surface area (TPSA) is 50.4 Å². The predicted molar refractivity (Wildman–Crippen MR) is 87.2 cm³/mol. The monoisotopic (exact) mass is 312 g/mol. The van der Waals surface area contributed by atoms with Crippen molar-refractivity contribution in [2.75, 3.05) is 26.7 Å². The highest BCUT2D eigenvalue weighted by atomic mass is 35.5. The molecule has 1 aromatic carbocycles.